The second-order valence-corrected chi connectivity index (χ2v) is 6.34. The fourth-order valence-corrected chi connectivity index (χ4v) is 4.08. The highest BCUT2D eigenvalue weighted by molar-refractivity contribution is 5.85. The van der Waals surface area contributed by atoms with Gasteiger partial charge in [-0.25, -0.2) is 0 Å². The second kappa shape index (κ2) is 5.97. The molecule has 1 aliphatic heterocycles. The topological polar surface area (TPSA) is 73.6 Å². The van der Waals surface area contributed by atoms with E-state index in [4.69, 9.17) is 15.2 Å². The molecule has 4 unspecified atom stereocenters. The van der Waals surface area contributed by atoms with Gasteiger partial charge in [0.05, 0.1) is 5.92 Å². The van der Waals surface area contributed by atoms with Crippen LogP contribution in [0.3, 0.4) is 0 Å². The van der Waals surface area contributed by atoms with Crippen LogP contribution in [0, 0.1) is 17.8 Å². The van der Waals surface area contributed by atoms with Crippen LogP contribution < -0.4 is 20.5 Å². The van der Waals surface area contributed by atoms with Crippen LogP contribution in [0.25, 0.3) is 0 Å². The standard InChI is InChI=1S/C16H20N2O3.ClH/c17-15-11-3-2-10(6-11)14(15)16(19)18-7-9-1-4-12-13(5-9)21-8-20-12;/h1,4-5,10-11,14-15H,2-3,6-8,17H2,(H,18,19);1H. The lowest BCUT2D eigenvalue weighted by atomic mass is 9.84. The van der Waals surface area contributed by atoms with Crippen molar-refractivity contribution < 1.29 is 14.3 Å². The molecule has 4 atom stereocenters. The Labute approximate surface area is 135 Å². The average Bonchev–Trinajstić information content (AvgIpc) is 3.19. The molecule has 2 fully saturated rings. The predicted octanol–water partition coefficient (Wildman–Crippen LogP) is 1.83. The van der Waals surface area contributed by atoms with Crippen LogP contribution >= 0.6 is 12.4 Å². The van der Waals surface area contributed by atoms with Gasteiger partial charge in [0.1, 0.15) is 0 Å². The van der Waals surface area contributed by atoms with E-state index in [9.17, 15) is 4.79 Å². The molecule has 1 aromatic rings. The SMILES string of the molecule is Cl.NC1C2CCC(C2)C1C(=O)NCc1ccc2c(c1)OCO2. The first-order valence-corrected chi connectivity index (χ1v) is 7.64. The molecule has 3 aliphatic rings. The molecule has 6 heteroatoms. The van der Waals surface area contributed by atoms with E-state index < -0.39 is 0 Å². The van der Waals surface area contributed by atoms with E-state index in [1.165, 1.54) is 6.42 Å². The van der Waals surface area contributed by atoms with E-state index in [1.54, 1.807) is 0 Å². The number of nitrogens with two attached hydrogens (primary N) is 1. The van der Waals surface area contributed by atoms with E-state index in [0.717, 1.165) is 29.9 Å². The Morgan fingerprint density at radius 3 is 2.77 bits per heavy atom. The summed E-state index contributed by atoms with van der Waals surface area (Å²) in [4.78, 5) is 12.4. The zero-order valence-electron chi connectivity index (χ0n) is 12.3. The maximum absolute atomic E-state index is 12.4. The van der Waals surface area contributed by atoms with Crippen LogP contribution in [0.4, 0.5) is 0 Å². The molecule has 0 spiro atoms. The molecule has 120 valence electrons. The van der Waals surface area contributed by atoms with Crippen LogP contribution in [0.1, 0.15) is 24.8 Å². The third-order valence-corrected chi connectivity index (χ3v) is 5.19. The summed E-state index contributed by atoms with van der Waals surface area (Å²) in [5.41, 5.74) is 7.23. The Balaban J connectivity index is 0.00000144. The van der Waals surface area contributed by atoms with Crippen LogP contribution in [0.5, 0.6) is 11.5 Å². The summed E-state index contributed by atoms with van der Waals surface area (Å²) in [6.45, 7) is 0.779. The predicted molar refractivity (Wildman–Crippen MR) is 84.0 cm³/mol. The molecule has 1 amide bonds. The van der Waals surface area contributed by atoms with Gasteiger partial charge in [-0.05, 0) is 48.8 Å². The van der Waals surface area contributed by atoms with Gasteiger partial charge in [-0.3, -0.25) is 4.79 Å². The normalized spacial score (nSPS) is 31.0. The highest BCUT2D eigenvalue weighted by atomic mass is 35.5. The fraction of sp³-hybridized carbons (Fsp3) is 0.562. The van der Waals surface area contributed by atoms with Gasteiger partial charge >= 0.3 is 0 Å². The summed E-state index contributed by atoms with van der Waals surface area (Å²) in [6.07, 6.45) is 3.47. The van der Waals surface area contributed by atoms with Gasteiger partial charge in [0.15, 0.2) is 11.5 Å². The fourth-order valence-electron chi connectivity index (χ4n) is 4.08. The zero-order chi connectivity index (χ0) is 14.4. The third-order valence-electron chi connectivity index (χ3n) is 5.19. The molecule has 3 N–H and O–H groups in total. The van der Waals surface area contributed by atoms with Crippen molar-refractivity contribution in [2.75, 3.05) is 6.79 Å². The molecular weight excluding hydrogens is 304 g/mol. The largest absolute Gasteiger partial charge is 0.454 e. The van der Waals surface area contributed by atoms with Gasteiger partial charge in [-0.2, -0.15) is 0 Å². The zero-order valence-corrected chi connectivity index (χ0v) is 13.1. The number of hydrogen-bond acceptors (Lipinski definition) is 4. The van der Waals surface area contributed by atoms with Crippen LogP contribution in [0.15, 0.2) is 18.2 Å². The first-order valence-electron chi connectivity index (χ1n) is 7.64. The van der Waals surface area contributed by atoms with Gasteiger partial charge in [0.2, 0.25) is 12.7 Å². The van der Waals surface area contributed by atoms with Crippen LogP contribution in [0.2, 0.25) is 0 Å². The van der Waals surface area contributed by atoms with Gasteiger partial charge in [-0.15, -0.1) is 12.4 Å². The molecule has 2 aliphatic carbocycles. The Morgan fingerprint density at radius 1 is 1.23 bits per heavy atom. The summed E-state index contributed by atoms with van der Waals surface area (Å²) in [5, 5.41) is 3.03. The minimum absolute atomic E-state index is 0. The summed E-state index contributed by atoms with van der Waals surface area (Å²) >= 11 is 0. The first-order chi connectivity index (χ1) is 10.2. The van der Waals surface area contributed by atoms with Crippen LogP contribution in [-0.4, -0.2) is 18.7 Å². The highest BCUT2D eigenvalue weighted by Crippen LogP contribution is 2.47. The van der Waals surface area contributed by atoms with Gasteiger partial charge in [-0.1, -0.05) is 6.07 Å². The highest BCUT2D eigenvalue weighted by Gasteiger charge is 2.48. The van der Waals surface area contributed by atoms with Crippen molar-refractivity contribution in [2.24, 2.45) is 23.5 Å². The number of carbonyl (C=O) groups excluding carboxylic acids is 1. The van der Waals surface area contributed by atoms with Crippen molar-refractivity contribution in [1.82, 2.24) is 5.32 Å². The summed E-state index contributed by atoms with van der Waals surface area (Å²) < 4.78 is 10.6. The third kappa shape index (κ3) is 2.52. The van der Waals surface area contributed by atoms with E-state index in [0.29, 0.717) is 18.4 Å². The molecule has 5 nitrogen and oxygen atoms in total. The number of carbonyl (C=O) groups is 1. The first kappa shape index (κ1) is 15.4. The Bertz CT molecular complexity index is 579. The minimum atomic E-state index is -0.00207. The maximum Gasteiger partial charge on any atom is 0.231 e. The number of hydrogen-bond donors (Lipinski definition) is 2. The van der Waals surface area contributed by atoms with Gasteiger partial charge in [0.25, 0.3) is 0 Å². The smallest absolute Gasteiger partial charge is 0.231 e. The van der Waals surface area contributed by atoms with Crippen molar-refractivity contribution in [3.8, 4) is 11.5 Å². The molecule has 2 saturated carbocycles. The molecule has 4 rings (SSSR count). The molecule has 2 bridgehead atoms. The van der Waals surface area contributed by atoms with E-state index in [1.807, 2.05) is 18.2 Å². The lowest BCUT2D eigenvalue weighted by Crippen LogP contribution is -2.45. The van der Waals surface area contributed by atoms with Crippen molar-refractivity contribution in [2.45, 2.75) is 31.8 Å². The molecule has 1 heterocycles. The second-order valence-electron chi connectivity index (χ2n) is 6.34. The van der Waals surface area contributed by atoms with Crippen molar-refractivity contribution in [3.05, 3.63) is 23.8 Å². The number of rotatable bonds is 3. The van der Waals surface area contributed by atoms with E-state index in [2.05, 4.69) is 5.32 Å². The Kier molecular flexibility index (Phi) is 4.19. The number of nitrogens with one attached hydrogen (secondary N) is 1. The summed E-state index contributed by atoms with van der Waals surface area (Å²) in [5.74, 6) is 2.65. The molecule has 1 aromatic carbocycles. The van der Waals surface area contributed by atoms with Gasteiger partial charge < -0.3 is 20.5 Å². The monoisotopic (exact) mass is 324 g/mol. The lowest BCUT2D eigenvalue weighted by Gasteiger charge is -2.27. The van der Waals surface area contributed by atoms with E-state index >= 15 is 0 Å². The summed E-state index contributed by atoms with van der Waals surface area (Å²) in [7, 11) is 0. The minimum Gasteiger partial charge on any atom is -0.454 e. The Morgan fingerprint density at radius 2 is 2.00 bits per heavy atom. The number of benzene rings is 1. The molecule has 0 aromatic heterocycles. The number of ether oxygens (including phenoxy) is 2. The average molecular weight is 325 g/mol. The molecular formula is C16H21ClN2O3. The molecule has 0 saturated heterocycles. The maximum atomic E-state index is 12.4. The quantitative estimate of drug-likeness (QED) is 0.889. The number of amides is 1. The van der Waals surface area contributed by atoms with E-state index in [-0.39, 0.29) is 37.1 Å². The van der Waals surface area contributed by atoms with Crippen molar-refractivity contribution >= 4 is 18.3 Å². The van der Waals surface area contributed by atoms with Crippen molar-refractivity contribution in [3.63, 3.8) is 0 Å². The Hall–Kier alpha value is -1.46. The number of halogens is 1. The van der Waals surface area contributed by atoms with Gasteiger partial charge in [0, 0.05) is 12.6 Å². The lowest BCUT2D eigenvalue weighted by molar-refractivity contribution is -0.127. The molecule has 22 heavy (non-hydrogen) atoms. The van der Waals surface area contributed by atoms with Crippen LogP contribution in [-0.2, 0) is 11.3 Å². The number of fused-ring (bicyclic) bond motifs is 3. The molecule has 0 radical (unpaired) electrons. The van der Waals surface area contributed by atoms with Crippen molar-refractivity contribution in [1.29, 1.82) is 0 Å². The summed E-state index contributed by atoms with van der Waals surface area (Å²) in [6, 6.07) is 5.80.